The van der Waals surface area contributed by atoms with E-state index in [-0.39, 0.29) is 17.6 Å². The molecule has 1 aliphatic heterocycles. The van der Waals surface area contributed by atoms with Crippen LogP contribution in [0, 0.1) is 5.82 Å². The van der Waals surface area contributed by atoms with Crippen molar-refractivity contribution >= 4 is 17.0 Å². The van der Waals surface area contributed by atoms with E-state index >= 15 is 0 Å². The van der Waals surface area contributed by atoms with Gasteiger partial charge in [-0.15, -0.1) is 0 Å². The fourth-order valence-electron chi connectivity index (χ4n) is 3.44. The Balaban J connectivity index is 1.35. The minimum atomic E-state index is -0.615. The van der Waals surface area contributed by atoms with Gasteiger partial charge in [-0.3, -0.25) is 4.79 Å². The van der Waals surface area contributed by atoms with Gasteiger partial charge in [-0.1, -0.05) is 12.1 Å². The molecule has 0 saturated carbocycles. The van der Waals surface area contributed by atoms with Crippen molar-refractivity contribution in [2.75, 3.05) is 13.1 Å². The van der Waals surface area contributed by atoms with Crippen LogP contribution < -0.4 is 4.74 Å². The van der Waals surface area contributed by atoms with Crippen molar-refractivity contribution < 1.29 is 18.3 Å². The molecule has 0 N–H and O–H groups in total. The van der Waals surface area contributed by atoms with Crippen LogP contribution in [-0.2, 0) is 4.79 Å². The number of ether oxygens (including phenoxy) is 1. The number of carbonyl (C=O) groups excluding carboxylic acids is 1. The molecular formula is C21H21FN2O3. The van der Waals surface area contributed by atoms with Crippen LogP contribution in [0.2, 0.25) is 0 Å². The lowest BCUT2D eigenvalue weighted by Gasteiger charge is -2.32. The average Bonchev–Trinajstić information content (AvgIpc) is 3.13. The fraction of sp³-hybridized carbons (Fsp3) is 0.333. The Morgan fingerprint density at radius 2 is 1.89 bits per heavy atom. The first-order valence-corrected chi connectivity index (χ1v) is 9.16. The minimum Gasteiger partial charge on any atom is -0.481 e. The number of benzene rings is 2. The van der Waals surface area contributed by atoms with Crippen molar-refractivity contribution in [1.82, 2.24) is 9.88 Å². The van der Waals surface area contributed by atoms with Crippen LogP contribution in [0.3, 0.4) is 0 Å². The maximum atomic E-state index is 13.0. The molecule has 1 saturated heterocycles. The highest BCUT2D eigenvalue weighted by Gasteiger charge is 2.29. The summed E-state index contributed by atoms with van der Waals surface area (Å²) in [6.07, 6.45) is 1.00. The number of aromatic nitrogens is 1. The standard InChI is InChI=1S/C21H21FN2O3/c1-14(26-17-8-6-16(22)7-9-17)21(25)24-12-10-15(11-13-24)20-23-18-4-2-3-5-19(18)27-20/h2-9,14-15H,10-13H2,1H3/t14-/m0/s1. The number of piperidine rings is 1. The third-order valence-corrected chi connectivity index (χ3v) is 4.94. The van der Waals surface area contributed by atoms with Crippen molar-refractivity contribution in [2.45, 2.75) is 31.8 Å². The molecule has 1 aromatic heterocycles. The summed E-state index contributed by atoms with van der Waals surface area (Å²) >= 11 is 0. The van der Waals surface area contributed by atoms with Crippen LogP contribution >= 0.6 is 0 Å². The van der Waals surface area contributed by atoms with Crippen LogP contribution in [0.1, 0.15) is 31.6 Å². The molecule has 3 aromatic rings. The molecule has 27 heavy (non-hydrogen) atoms. The van der Waals surface area contributed by atoms with E-state index in [0.29, 0.717) is 18.8 Å². The molecule has 0 radical (unpaired) electrons. The average molecular weight is 368 g/mol. The lowest BCUT2D eigenvalue weighted by atomic mass is 9.96. The molecule has 0 aliphatic carbocycles. The van der Waals surface area contributed by atoms with E-state index in [1.165, 1.54) is 24.3 Å². The molecular weight excluding hydrogens is 347 g/mol. The number of amides is 1. The predicted octanol–water partition coefficient (Wildman–Crippen LogP) is 4.14. The van der Waals surface area contributed by atoms with Crippen LogP contribution in [-0.4, -0.2) is 35.0 Å². The zero-order chi connectivity index (χ0) is 18.8. The zero-order valence-corrected chi connectivity index (χ0v) is 15.1. The van der Waals surface area contributed by atoms with Gasteiger partial charge in [0.05, 0.1) is 0 Å². The molecule has 1 aliphatic rings. The van der Waals surface area contributed by atoms with Gasteiger partial charge in [0.2, 0.25) is 0 Å². The highest BCUT2D eigenvalue weighted by molar-refractivity contribution is 5.81. The molecule has 1 fully saturated rings. The van der Waals surface area contributed by atoms with E-state index in [9.17, 15) is 9.18 Å². The Hall–Kier alpha value is -2.89. The van der Waals surface area contributed by atoms with Crippen molar-refractivity contribution in [1.29, 1.82) is 0 Å². The quantitative estimate of drug-likeness (QED) is 0.694. The zero-order valence-electron chi connectivity index (χ0n) is 15.1. The Morgan fingerprint density at radius 1 is 1.19 bits per heavy atom. The number of oxazole rings is 1. The number of likely N-dealkylation sites (tertiary alicyclic amines) is 1. The number of carbonyl (C=O) groups is 1. The fourth-order valence-corrected chi connectivity index (χ4v) is 3.44. The van der Waals surface area contributed by atoms with Gasteiger partial charge in [0.15, 0.2) is 17.6 Å². The van der Waals surface area contributed by atoms with Crippen molar-refractivity contribution in [3.8, 4) is 5.75 Å². The summed E-state index contributed by atoms with van der Waals surface area (Å²) in [7, 11) is 0. The highest BCUT2D eigenvalue weighted by atomic mass is 19.1. The molecule has 0 bridgehead atoms. The molecule has 6 heteroatoms. The van der Waals surface area contributed by atoms with Gasteiger partial charge in [-0.25, -0.2) is 9.37 Å². The van der Waals surface area contributed by atoms with Crippen LogP contribution in [0.5, 0.6) is 5.75 Å². The molecule has 1 atom stereocenters. The SMILES string of the molecule is C[C@H](Oc1ccc(F)cc1)C(=O)N1CCC(c2nc3ccccc3o2)CC1. The summed E-state index contributed by atoms with van der Waals surface area (Å²) < 4.78 is 24.5. The number of hydrogen-bond acceptors (Lipinski definition) is 4. The summed E-state index contributed by atoms with van der Waals surface area (Å²) in [4.78, 5) is 19.0. The van der Waals surface area contributed by atoms with E-state index in [0.717, 1.165) is 29.8 Å². The summed E-state index contributed by atoms with van der Waals surface area (Å²) in [5.41, 5.74) is 1.67. The maximum Gasteiger partial charge on any atom is 0.263 e. The summed E-state index contributed by atoms with van der Waals surface area (Å²) in [5.74, 6) is 1.06. The van der Waals surface area contributed by atoms with E-state index in [1.54, 1.807) is 6.92 Å². The first kappa shape index (κ1) is 17.5. The lowest BCUT2D eigenvalue weighted by Crippen LogP contribution is -2.44. The second-order valence-corrected chi connectivity index (χ2v) is 6.83. The largest absolute Gasteiger partial charge is 0.481 e. The first-order valence-electron chi connectivity index (χ1n) is 9.16. The van der Waals surface area contributed by atoms with Gasteiger partial charge in [0.1, 0.15) is 17.1 Å². The Bertz CT molecular complexity index is 897. The number of halogens is 1. The molecule has 2 aromatic carbocycles. The molecule has 0 spiro atoms. The first-order chi connectivity index (χ1) is 13.1. The summed E-state index contributed by atoms with van der Waals surface area (Å²) in [5, 5.41) is 0. The number of para-hydroxylation sites is 2. The third kappa shape index (κ3) is 3.79. The normalized spacial score (nSPS) is 16.4. The second kappa shape index (κ2) is 7.39. The molecule has 5 nitrogen and oxygen atoms in total. The van der Waals surface area contributed by atoms with E-state index in [1.807, 2.05) is 29.2 Å². The van der Waals surface area contributed by atoms with E-state index < -0.39 is 6.10 Å². The minimum absolute atomic E-state index is 0.0599. The Kier molecular flexibility index (Phi) is 4.79. The number of nitrogens with zero attached hydrogens (tertiary/aromatic N) is 2. The lowest BCUT2D eigenvalue weighted by molar-refractivity contribution is -0.139. The predicted molar refractivity (Wildman–Crippen MR) is 99.1 cm³/mol. The summed E-state index contributed by atoms with van der Waals surface area (Å²) in [6.45, 7) is 3.00. The second-order valence-electron chi connectivity index (χ2n) is 6.83. The van der Waals surface area contributed by atoms with Gasteiger partial charge in [-0.2, -0.15) is 0 Å². The third-order valence-electron chi connectivity index (χ3n) is 4.94. The smallest absolute Gasteiger partial charge is 0.263 e. The summed E-state index contributed by atoms with van der Waals surface area (Å²) in [6, 6.07) is 13.4. The van der Waals surface area contributed by atoms with Crippen LogP contribution in [0.15, 0.2) is 52.9 Å². The molecule has 2 heterocycles. The van der Waals surface area contributed by atoms with Crippen LogP contribution in [0.4, 0.5) is 4.39 Å². The van der Waals surface area contributed by atoms with E-state index in [2.05, 4.69) is 4.98 Å². The Labute approximate surface area is 156 Å². The molecule has 140 valence electrons. The van der Waals surface area contributed by atoms with Crippen molar-refractivity contribution in [3.63, 3.8) is 0 Å². The van der Waals surface area contributed by atoms with Gasteiger partial charge in [0.25, 0.3) is 5.91 Å². The monoisotopic (exact) mass is 368 g/mol. The van der Waals surface area contributed by atoms with Gasteiger partial charge in [-0.05, 0) is 56.2 Å². The Morgan fingerprint density at radius 3 is 2.59 bits per heavy atom. The van der Waals surface area contributed by atoms with Gasteiger partial charge in [0, 0.05) is 19.0 Å². The van der Waals surface area contributed by atoms with Gasteiger partial charge >= 0.3 is 0 Å². The van der Waals surface area contributed by atoms with Crippen molar-refractivity contribution in [3.05, 3.63) is 60.2 Å². The molecule has 1 amide bonds. The van der Waals surface area contributed by atoms with Crippen molar-refractivity contribution in [2.24, 2.45) is 0 Å². The van der Waals surface area contributed by atoms with Crippen LogP contribution in [0.25, 0.3) is 11.1 Å². The number of fused-ring (bicyclic) bond motifs is 1. The van der Waals surface area contributed by atoms with Gasteiger partial charge < -0.3 is 14.1 Å². The van der Waals surface area contributed by atoms with E-state index in [4.69, 9.17) is 9.15 Å². The highest BCUT2D eigenvalue weighted by Crippen LogP contribution is 2.30. The number of hydrogen-bond donors (Lipinski definition) is 0. The number of rotatable bonds is 4. The maximum absolute atomic E-state index is 13.0. The topological polar surface area (TPSA) is 55.6 Å². The molecule has 0 unspecified atom stereocenters. The molecule has 4 rings (SSSR count).